The van der Waals surface area contributed by atoms with Crippen LogP contribution in [0.3, 0.4) is 0 Å². The smallest absolute Gasteiger partial charge is 0.157 e. The van der Waals surface area contributed by atoms with Crippen molar-refractivity contribution in [3.05, 3.63) is 22.8 Å². The fourth-order valence-corrected chi connectivity index (χ4v) is 5.24. The zero-order chi connectivity index (χ0) is 18.5. The second-order valence-electron chi connectivity index (χ2n) is 7.77. The van der Waals surface area contributed by atoms with Gasteiger partial charge in [-0.1, -0.05) is 42.6 Å². The summed E-state index contributed by atoms with van der Waals surface area (Å²) in [4.78, 5) is 9.38. The zero-order valence-electron chi connectivity index (χ0n) is 15.8. The van der Waals surface area contributed by atoms with Crippen molar-refractivity contribution < 1.29 is 4.74 Å². The summed E-state index contributed by atoms with van der Waals surface area (Å²) < 4.78 is 5.44. The first-order valence-electron chi connectivity index (χ1n) is 10.2. The van der Waals surface area contributed by atoms with E-state index in [1.54, 1.807) is 18.0 Å². The predicted molar refractivity (Wildman–Crippen MR) is 114 cm³/mol. The van der Waals surface area contributed by atoms with Crippen molar-refractivity contribution in [3.63, 3.8) is 0 Å². The third-order valence-corrected chi connectivity index (χ3v) is 7.06. The summed E-state index contributed by atoms with van der Waals surface area (Å²) >= 11 is 8.25. The Kier molecular flexibility index (Phi) is 6.79. The van der Waals surface area contributed by atoms with Crippen molar-refractivity contribution in [2.24, 2.45) is 10.9 Å². The molecule has 2 fully saturated rings. The Bertz CT molecular complexity index is 659. The summed E-state index contributed by atoms with van der Waals surface area (Å²) in [6.45, 7) is 2.76. The minimum Gasteiger partial charge on any atom is -0.381 e. The second kappa shape index (κ2) is 9.48. The number of nitrogens with zero attached hydrogens (tertiary/aromatic N) is 2. The van der Waals surface area contributed by atoms with Gasteiger partial charge < -0.3 is 15.4 Å². The van der Waals surface area contributed by atoms with Gasteiger partial charge in [-0.3, -0.25) is 4.99 Å². The molecule has 148 valence electrons. The van der Waals surface area contributed by atoms with Crippen LogP contribution in [-0.2, 0) is 4.74 Å². The normalized spacial score (nSPS) is 24.6. The van der Waals surface area contributed by atoms with E-state index in [1.165, 1.54) is 32.1 Å². The van der Waals surface area contributed by atoms with Gasteiger partial charge in [0.2, 0.25) is 0 Å². The highest BCUT2D eigenvalue weighted by Crippen LogP contribution is 2.35. The van der Waals surface area contributed by atoms with Gasteiger partial charge in [0.25, 0.3) is 0 Å². The summed E-state index contributed by atoms with van der Waals surface area (Å²) in [5.41, 5.74) is 1.08. The SMILES string of the molecule is Clc1cnc(NC2CCCCC2)cc1C1CSC(NCC2CCOCC2)=N1. The number of hydrogen-bond acceptors (Lipinski definition) is 6. The summed E-state index contributed by atoms with van der Waals surface area (Å²) in [6, 6.07) is 2.75. The molecule has 0 amide bonds. The lowest BCUT2D eigenvalue weighted by molar-refractivity contribution is 0.0676. The Morgan fingerprint density at radius 3 is 2.78 bits per heavy atom. The molecule has 3 aliphatic rings. The molecule has 0 radical (unpaired) electrons. The van der Waals surface area contributed by atoms with Crippen LogP contribution in [0.15, 0.2) is 17.3 Å². The molecule has 0 aromatic carbocycles. The number of nitrogens with one attached hydrogen (secondary N) is 2. The Hall–Kier alpha value is -0.980. The van der Waals surface area contributed by atoms with E-state index in [9.17, 15) is 0 Å². The number of halogens is 1. The van der Waals surface area contributed by atoms with Gasteiger partial charge in [0.15, 0.2) is 5.17 Å². The number of amidine groups is 1. The van der Waals surface area contributed by atoms with Gasteiger partial charge in [0.05, 0.1) is 11.1 Å². The summed E-state index contributed by atoms with van der Waals surface area (Å²) in [5, 5.41) is 8.89. The van der Waals surface area contributed by atoms with Crippen LogP contribution in [0.5, 0.6) is 0 Å². The Morgan fingerprint density at radius 1 is 1.15 bits per heavy atom. The quantitative estimate of drug-likeness (QED) is 0.743. The molecule has 1 saturated carbocycles. The number of rotatable bonds is 5. The molecule has 7 heteroatoms. The lowest BCUT2D eigenvalue weighted by Gasteiger charge is -2.23. The van der Waals surface area contributed by atoms with Crippen LogP contribution in [0, 0.1) is 5.92 Å². The molecule has 4 rings (SSSR count). The lowest BCUT2D eigenvalue weighted by Crippen LogP contribution is -2.30. The lowest BCUT2D eigenvalue weighted by atomic mass is 9.95. The summed E-state index contributed by atoms with van der Waals surface area (Å²) in [6.07, 6.45) is 10.5. The molecule has 3 heterocycles. The van der Waals surface area contributed by atoms with Gasteiger partial charge in [-0.2, -0.15) is 0 Å². The minimum absolute atomic E-state index is 0.106. The number of ether oxygens (including phenoxy) is 1. The van der Waals surface area contributed by atoms with E-state index in [2.05, 4.69) is 21.7 Å². The van der Waals surface area contributed by atoms with Crippen LogP contribution in [0.1, 0.15) is 56.6 Å². The topological polar surface area (TPSA) is 58.5 Å². The van der Waals surface area contributed by atoms with Crippen molar-refractivity contribution in [1.82, 2.24) is 10.3 Å². The predicted octanol–water partition coefficient (Wildman–Crippen LogP) is 4.64. The van der Waals surface area contributed by atoms with Crippen LogP contribution in [0.2, 0.25) is 5.02 Å². The number of aromatic nitrogens is 1. The van der Waals surface area contributed by atoms with E-state index < -0.39 is 0 Å². The first-order valence-corrected chi connectivity index (χ1v) is 11.6. The van der Waals surface area contributed by atoms with E-state index in [-0.39, 0.29) is 6.04 Å². The van der Waals surface area contributed by atoms with Crippen molar-refractivity contribution in [1.29, 1.82) is 0 Å². The molecule has 2 aliphatic heterocycles. The maximum absolute atomic E-state index is 6.46. The molecular weight excluding hydrogens is 380 g/mol. The molecule has 5 nitrogen and oxygen atoms in total. The minimum atomic E-state index is 0.106. The molecular formula is C20H29ClN4OS. The molecule has 1 aromatic rings. The van der Waals surface area contributed by atoms with E-state index >= 15 is 0 Å². The number of aliphatic imine (C=N–C) groups is 1. The summed E-state index contributed by atoms with van der Waals surface area (Å²) in [5.74, 6) is 2.56. The highest BCUT2D eigenvalue weighted by atomic mass is 35.5. The monoisotopic (exact) mass is 408 g/mol. The number of hydrogen-bond donors (Lipinski definition) is 2. The van der Waals surface area contributed by atoms with Gasteiger partial charge in [-0.05, 0) is 37.7 Å². The van der Waals surface area contributed by atoms with Gasteiger partial charge >= 0.3 is 0 Å². The Labute approximate surface area is 171 Å². The maximum atomic E-state index is 6.46. The molecule has 1 atom stereocenters. The average molecular weight is 409 g/mol. The fourth-order valence-electron chi connectivity index (χ4n) is 4.06. The molecule has 0 spiro atoms. The van der Waals surface area contributed by atoms with Crippen LogP contribution in [-0.4, -0.2) is 41.7 Å². The number of anilines is 1. The fraction of sp³-hybridized carbons (Fsp3) is 0.700. The zero-order valence-corrected chi connectivity index (χ0v) is 17.3. The van der Waals surface area contributed by atoms with Crippen LogP contribution in [0.25, 0.3) is 0 Å². The molecule has 27 heavy (non-hydrogen) atoms. The van der Waals surface area contributed by atoms with Crippen LogP contribution < -0.4 is 10.6 Å². The first-order chi connectivity index (χ1) is 13.3. The third kappa shape index (κ3) is 5.30. The summed E-state index contributed by atoms with van der Waals surface area (Å²) in [7, 11) is 0. The van der Waals surface area contributed by atoms with Crippen molar-refractivity contribution in [3.8, 4) is 0 Å². The van der Waals surface area contributed by atoms with Crippen molar-refractivity contribution in [2.45, 2.75) is 57.0 Å². The second-order valence-corrected chi connectivity index (χ2v) is 9.18. The highest BCUT2D eigenvalue weighted by Gasteiger charge is 2.24. The van der Waals surface area contributed by atoms with E-state index in [1.807, 2.05) is 0 Å². The Balaban J connectivity index is 1.37. The van der Waals surface area contributed by atoms with E-state index in [0.717, 1.165) is 54.9 Å². The number of pyridine rings is 1. The molecule has 1 aliphatic carbocycles. The molecule has 1 aromatic heterocycles. The first kappa shape index (κ1) is 19.3. The highest BCUT2D eigenvalue weighted by molar-refractivity contribution is 8.14. The van der Waals surface area contributed by atoms with Crippen LogP contribution in [0.4, 0.5) is 5.82 Å². The van der Waals surface area contributed by atoms with Crippen molar-refractivity contribution >= 4 is 34.3 Å². The average Bonchev–Trinajstić information content (AvgIpc) is 3.18. The standard InChI is InChI=1S/C20H29ClN4OS/c21-17-12-22-19(24-15-4-2-1-3-5-15)10-16(17)18-13-27-20(25-18)23-11-14-6-8-26-9-7-14/h10,12,14-15,18H,1-9,11,13H2,(H,22,24)(H,23,25). The van der Waals surface area contributed by atoms with Gasteiger partial charge in [-0.15, -0.1) is 0 Å². The molecule has 1 unspecified atom stereocenters. The molecule has 2 N–H and O–H groups in total. The molecule has 1 saturated heterocycles. The largest absolute Gasteiger partial charge is 0.381 e. The maximum Gasteiger partial charge on any atom is 0.157 e. The van der Waals surface area contributed by atoms with Gasteiger partial charge in [0, 0.05) is 43.3 Å². The van der Waals surface area contributed by atoms with Crippen molar-refractivity contribution in [2.75, 3.05) is 30.8 Å². The molecule has 0 bridgehead atoms. The van der Waals surface area contributed by atoms with Crippen LogP contribution >= 0.6 is 23.4 Å². The van der Waals surface area contributed by atoms with Gasteiger partial charge in [-0.25, -0.2) is 4.98 Å². The van der Waals surface area contributed by atoms with E-state index in [0.29, 0.717) is 17.0 Å². The van der Waals surface area contributed by atoms with Gasteiger partial charge in [0.1, 0.15) is 5.82 Å². The number of thioether (sulfide) groups is 1. The Morgan fingerprint density at radius 2 is 1.96 bits per heavy atom. The third-order valence-electron chi connectivity index (χ3n) is 5.74. The van der Waals surface area contributed by atoms with E-state index in [4.69, 9.17) is 21.3 Å².